The van der Waals surface area contributed by atoms with Crippen molar-refractivity contribution in [3.05, 3.63) is 15.6 Å². The van der Waals surface area contributed by atoms with Crippen LogP contribution in [0.1, 0.15) is 47.2 Å². The van der Waals surface area contributed by atoms with E-state index in [0.717, 1.165) is 12.8 Å². The molecule has 1 unspecified atom stereocenters. The van der Waals surface area contributed by atoms with Crippen molar-refractivity contribution in [3.63, 3.8) is 0 Å². The Labute approximate surface area is 98.5 Å². The lowest BCUT2D eigenvalue weighted by Gasteiger charge is -2.22. The number of thiazole rings is 1. The first-order valence-electron chi connectivity index (χ1n) is 5.95. The van der Waals surface area contributed by atoms with E-state index in [1.807, 2.05) is 0 Å². The van der Waals surface area contributed by atoms with Gasteiger partial charge >= 0.3 is 5.97 Å². The molecule has 0 aromatic carbocycles. The molecule has 2 aliphatic carbocycles. The summed E-state index contributed by atoms with van der Waals surface area (Å²) < 4.78 is 0. The van der Waals surface area contributed by atoms with Gasteiger partial charge in [-0.2, -0.15) is 0 Å². The molecule has 16 heavy (non-hydrogen) atoms. The summed E-state index contributed by atoms with van der Waals surface area (Å²) in [6.45, 7) is 0. The molecule has 0 spiro atoms. The van der Waals surface area contributed by atoms with Gasteiger partial charge in [0, 0.05) is 10.8 Å². The minimum Gasteiger partial charge on any atom is -0.481 e. The van der Waals surface area contributed by atoms with Crippen molar-refractivity contribution >= 4 is 17.3 Å². The predicted octanol–water partition coefficient (Wildman–Crippen LogP) is 2.60. The smallest absolute Gasteiger partial charge is 0.306 e. The molecule has 1 aromatic heterocycles. The van der Waals surface area contributed by atoms with Crippen molar-refractivity contribution in [2.24, 2.45) is 5.92 Å². The Morgan fingerprint density at radius 2 is 2.19 bits per heavy atom. The zero-order valence-electron chi connectivity index (χ0n) is 9.11. The average molecular weight is 237 g/mol. The number of hydrogen-bond donors (Lipinski definition) is 1. The Bertz CT molecular complexity index is 423. The zero-order chi connectivity index (χ0) is 11.1. The van der Waals surface area contributed by atoms with Gasteiger partial charge in [0.25, 0.3) is 0 Å². The third-order valence-electron chi connectivity index (χ3n) is 3.76. The van der Waals surface area contributed by atoms with E-state index < -0.39 is 5.97 Å². The summed E-state index contributed by atoms with van der Waals surface area (Å²) in [5, 5.41) is 10.3. The molecule has 1 saturated carbocycles. The van der Waals surface area contributed by atoms with Gasteiger partial charge in [0.1, 0.15) is 0 Å². The topological polar surface area (TPSA) is 50.2 Å². The molecule has 86 valence electrons. The summed E-state index contributed by atoms with van der Waals surface area (Å²) in [5.74, 6) is -0.148. The summed E-state index contributed by atoms with van der Waals surface area (Å²) in [4.78, 5) is 16.9. The second kappa shape index (κ2) is 3.84. The number of fused-ring (bicyclic) bond motifs is 1. The van der Waals surface area contributed by atoms with E-state index in [9.17, 15) is 4.79 Å². The second-order valence-corrected chi connectivity index (χ2v) is 5.94. The molecular formula is C12H15NO2S. The van der Waals surface area contributed by atoms with Crippen molar-refractivity contribution in [1.29, 1.82) is 0 Å². The van der Waals surface area contributed by atoms with Gasteiger partial charge in [0.05, 0.1) is 16.6 Å². The standard InChI is InChI=1S/C12H15NO2S/c14-12(15)8-4-5-9-10(6-8)16-11(13-9)7-2-1-3-7/h7-8H,1-6H2,(H,14,15). The summed E-state index contributed by atoms with van der Waals surface area (Å²) in [5.41, 5.74) is 1.18. The van der Waals surface area contributed by atoms with Crippen LogP contribution in [0.3, 0.4) is 0 Å². The van der Waals surface area contributed by atoms with Crippen LogP contribution < -0.4 is 0 Å². The lowest BCUT2D eigenvalue weighted by atomic mass is 9.86. The molecule has 2 aliphatic rings. The molecule has 3 nitrogen and oxygen atoms in total. The largest absolute Gasteiger partial charge is 0.481 e. The normalized spacial score (nSPS) is 24.9. The lowest BCUT2D eigenvalue weighted by molar-refractivity contribution is -0.142. The summed E-state index contributed by atoms with van der Waals surface area (Å²) in [7, 11) is 0. The molecule has 0 bridgehead atoms. The maximum atomic E-state index is 11.0. The van der Waals surface area contributed by atoms with Crippen LogP contribution in [0, 0.1) is 5.92 Å². The second-order valence-electron chi connectivity index (χ2n) is 4.83. The van der Waals surface area contributed by atoms with Crippen LogP contribution in [-0.2, 0) is 17.6 Å². The zero-order valence-corrected chi connectivity index (χ0v) is 9.92. The number of carboxylic acid groups (broad SMARTS) is 1. The number of aliphatic carboxylic acids is 1. The van der Waals surface area contributed by atoms with E-state index in [-0.39, 0.29) is 5.92 Å². The van der Waals surface area contributed by atoms with Gasteiger partial charge in [-0.05, 0) is 32.1 Å². The Morgan fingerprint density at radius 1 is 1.38 bits per heavy atom. The third kappa shape index (κ3) is 1.65. The first-order valence-corrected chi connectivity index (χ1v) is 6.77. The monoisotopic (exact) mass is 237 g/mol. The van der Waals surface area contributed by atoms with Crippen LogP contribution in [0.2, 0.25) is 0 Å². The Morgan fingerprint density at radius 3 is 2.81 bits per heavy atom. The van der Waals surface area contributed by atoms with Crippen LogP contribution in [0.25, 0.3) is 0 Å². The molecule has 3 rings (SSSR count). The van der Waals surface area contributed by atoms with Crippen molar-refractivity contribution in [1.82, 2.24) is 4.98 Å². The molecule has 1 N–H and O–H groups in total. The maximum Gasteiger partial charge on any atom is 0.306 e. The SMILES string of the molecule is O=C(O)C1CCc2nc(C3CCC3)sc2C1. The molecule has 0 radical (unpaired) electrons. The van der Waals surface area contributed by atoms with E-state index in [4.69, 9.17) is 10.1 Å². The Balaban J connectivity index is 1.82. The first kappa shape index (κ1) is 10.3. The van der Waals surface area contributed by atoms with Crippen LogP contribution in [0.15, 0.2) is 0 Å². The lowest BCUT2D eigenvalue weighted by Crippen LogP contribution is -2.21. The number of carboxylic acids is 1. The number of nitrogens with zero attached hydrogens (tertiary/aromatic N) is 1. The minimum absolute atomic E-state index is 0.179. The van der Waals surface area contributed by atoms with Gasteiger partial charge < -0.3 is 5.11 Å². The molecule has 1 atom stereocenters. The van der Waals surface area contributed by atoms with E-state index in [2.05, 4.69) is 0 Å². The van der Waals surface area contributed by atoms with E-state index in [0.29, 0.717) is 12.3 Å². The van der Waals surface area contributed by atoms with Gasteiger partial charge in [0.15, 0.2) is 0 Å². The van der Waals surface area contributed by atoms with Gasteiger partial charge in [-0.1, -0.05) is 6.42 Å². The van der Waals surface area contributed by atoms with Gasteiger partial charge in [-0.15, -0.1) is 11.3 Å². The molecule has 1 heterocycles. The fourth-order valence-corrected chi connectivity index (χ4v) is 3.80. The van der Waals surface area contributed by atoms with Crippen molar-refractivity contribution in [2.45, 2.75) is 44.4 Å². The Kier molecular flexibility index (Phi) is 2.46. The highest BCUT2D eigenvalue weighted by Gasteiger charge is 2.30. The number of aromatic nitrogens is 1. The highest BCUT2D eigenvalue weighted by molar-refractivity contribution is 7.11. The number of carbonyl (C=O) groups is 1. The third-order valence-corrected chi connectivity index (χ3v) is 5.04. The Hall–Kier alpha value is -0.900. The van der Waals surface area contributed by atoms with E-state index in [1.54, 1.807) is 11.3 Å². The quantitative estimate of drug-likeness (QED) is 0.860. The highest BCUT2D eigenvalue weighted by atomic mass is 32.1. The fourth-order valence-electron chi connectivity index (χ4n) is 2.44. The number of rotatable bonds is 2. The van der Waals surface area contributed by atoms with Gasteiger partial charge in [-0.25, -0.2) is 4.98 Å². The van der Waals surface area contributed by atoms with Crippen LogP contribution in [0.4, 0.5) is 0 Å². The van der Waals surface area contributed by atoms with Crippen LogP contribution in [0.5, 0.6) is 0 Å². The molecule has 4 heteroatoms. The van der Waals surface area contributed by atoms with Crippen LogP contribution >= 0.6 is 11.3 Å². The molecule has 0 saturated heterocycles. The molecule has 0 amide bonds. The first-order chi connectivity index (χ1) is 7.74. The molecule has 1 fully saturated rings. The van der Waals surface area contributed by atoms with Crippen molar-refractivity contribution < 1.29 is 9.90 Å². The maximum absolute atomic E-state index is 11.0. The summed E-state index contributed by atoms with van der Waals surface area (Å²) in [6.07, 6.45) is 6.19. The minimum atomic E-state index is -0.649. The molecular weight excluding hydrogens is 222 g/mol. The summed E-state index contributed by atoms with van der Waals surface area (Å²) in [6, 6.07) is 0. The van der Waals surface area contributed by atoms with Gasteiger partial charge in [-0.3, -0.25) is 4.79 Å². The highest BCUT2D eigenvalue weighted by Crippen LogP contribution is 2.41. The van der Waals surface area contributed by atoms with Crippen molar-refractivity contribution in [3.8, 4) is 0 Å². The van der Waals surface area contributed by atoms with E-state index in [1.165, 1.54) is 34.8 Å². The van der Waals surface area contributed by atoms with Crippen LogP contribution in [-0.4, -0.2) is 16.1 Å². The summed E-state index contributed by atoms with van der Waals surface area (Å²) >= 11 is 1.77. The molecule has 1 aromatic rings. The number of hydrogen-bond acceptors (Lipinski definition) is 3. The number of aryl methyl sites for hydroxylation is 1. The fraction of sp³-hybridized carbons (Fsp3) is 0.667. The van der Waals surface area contributed by atoms with E-state index >= 15 is 0 Å². The van der Waals surface area contributed by atoms with Gasteiger partial charge in [0.2, 0.25) is 0 Å². The average Bonchev–Trinajstić information content (AvgIpc) is 2.56. The molecule has 0 aliphatic heterocycles. The van der Waals surface area contributed by atoms with Crippen molar-refractivity contribution in [2.75, 3.05) is 0 Å². The predicted molar refractivity (Wildman–Crippen MR) is 61.9 cm³/mol.